The van der Waals surface area contributed by atoms with E-state index in [1.165, 1.54) is 22.3 Å². The number of amides is 1. The van der Waals surface area contributed by atoms with E-state index in [9.17, 15) is 4.79 Å². The number of ether oxygens (including phenoxy) is 1. The summed E-state index contributed by atoms with van der Waals surface area (Å²) >= 11 is 0. The summed E-state index contributed by atoms with van der Waals surface area (Å²) in [6.45, 7) is 2.49. The smallest absolute Gasteiger partial charge is 0.407 e. The van der Waals surface area contributed by atoms with E-state index >= 15 is 0 Å². The van der Waals surface area contributed by atoms with Gasteiger partial charge < -0.3 is 10.1 Å². The first kappa shape index (κ1) is 17.8. The maximum absolute atomic E-state index is 12.1. The molecule has 0 radical (unpaired) electrons. The lowest BCUT2D eigenvalue weighted by Crippen LogP contribution is -2.26. The molecule has 28 heavy (non-hydrogen) atoms. The number of carbonyl (C=O) groups is 1. The molecule has 138 valence electrons. The van der Waals surface area contributed by atoms with Crippen molar-refractivity contribution in [3.05, 3.63) is 89.2 Å². The lowest BCUT2D eigenvalue weighted by Gasteiger charge is -2.14. The van der Waals surface area contributed by atoms with Crippen LogP contribution in [0.25, 0.3) is 11.1 Å². The Balaban J connectivity index is 1.36. The molecule has 0 saturated heterocycles. The van der Waals surface area contributed by atoms with E-state index in [2.05, 4.69) is 46.4 Å². The molecule has 1 N–H and O–H groups in total. The van der Waals surface area contributed by atoms with Crippen LogP contribution in [-0.4, -0.2) is 24.2 Å². The van der Waals surface area contributed by atoms with Crippen LogP contribution in [0.2, 0.25) is 0 Å². The molecule has 0 unspecified atom stereocenters. The van der Waals surface area contributed by atoms with E-state index < -0.39 is 6.09 Å². The van der Waals surface area contributed by atoms with Crippen LogP contribution < -0.4 is 5.32 Å². The predicted molar refractivity (Wildman–Crippen MR) is 109 cm³/mol. The van der Waals surface area contributed by atoms with E-state index in [0.717, 1.165) is 11.1 Å². The zero-order valence-electron chi connectivity index (χ0n) is 15.6. The second kappa shape index (κ2) is 7.98. The number of carbonyl (C=O) groups excluding carboxylic acids is 1. The van der Waals surface area contributed by atoms with Gasteiger partial charge in [0.15, 0.2) is 0 Å². The molecule has 0 aliphatic heterocycles. The molecule has 4 nitrogen and oxygen atoms in total. The third-order valence-electron chi connectivity index (χ3n) is 4.91. The Labute approximate surface area is 164 Å². The Morgan fingerprint density at radius 2 is 1.75 bits per heavy atom. The number of benzene rings is 2. The lowest BCUT2D eigenvalue weighted by atomic mass is 9.98. The molecule has 4 heteroatoms. The third kappa shape index (κ3) is 3.60. The Morgan fingerprint density at radius 3 is 2.43 bits per heavy atom. The maximum atomic E-state index is 12.1. The van der Waals surface area contributed by atoms with E-state index in [4.69, 9.17) is 4.74 Å². The second-order valence-corrected chi connectivity index (χ2v) is 6.67. The van der Waals surface area contributed by atoms with Crippen molar-refractivity contribution >= 4 is 6.09 Å². The first-order valence-electron chi connectivity index (χ1n) is 9.22. The van der Waals surface area contributed by atoms with Gasteiger partial charge in [0.2, 0.25) is 0 Å². The number of aromatic nitrogens is 1. The van der Waals surface area contributed by atoms with Gasteiger partial charge in [-0.25, -0.2) is 4.79 Å². The number of hydrogen-bond acceptors (Lipinski definition) is 3. The summed E-state index contributed by atoms with van der Waals surface area (Å²) in [5, 5.41) is 2.69. The van der Waals surface area contributed by atoms with Gasteiger partial charge in [-0.2, -0.15) is 0 Å². The van der Waals surface area contributed by atoms with Crippen LogP contribution in [0.4, 0.5) is 4.79 Å². The van der Waals surface area contributed by atoms with E-state index in [1.54, 1.807) is 12.4 Å². The highest BCUT2D eigenvalue weighted by molar-refractivity contribution is 5.79. The van der Waals surface area contributed by atoms with Crippen LogP contribution in [0.3, 0.4) is 0 Å². The van der Waals surface area contributed by atoms with Crippen molar-refractivity contribution in [1.82, 2.24) is 10.3 Å². The van der Waals surface area contributed by atoms with E-state index in [0.29, 0.717) is 6.61 Å². The Hall–Kier alpha value is -3.58. The molecule has 0 bridgehead atoms. The molecule has 1 amide bonds. The quantitative estimate of drug-likeness (QED) is 0.702. The Kier molecular flexibility index (Phi) is 5.07. The summed E-state index contributed by atoms with van der Waals surface area (Å²) in [6.07, 6.45) is 3.02. The van der Waals surface area contributed by atoms with Gasteiger partial charge in [0.1, 0.15) is 6.61 Å². The zero-order chi connectivity index (χ0) is 19.3. The van der Waals surface area contributed by atoms with Gasteiger partial charge in [-0.05, 0) is 40.8 Å². The van der Waals surface area contributed by atoms with Crippen LogP contribution in [0.15, 0.2) is 67.0 Å². The number of rotatable bonds is 3. The number of pyridine rings is 1. The van der Waals surface area contributed by atoms with Gasteiger partial charge in [-0.15, -0.1) is 0 Å². The monoisotopic (exact) mass is 368 g/mol. The summed E-state index contributed by atoms with van der Waals surface area (Å²) in [5.74, 6) is 6.03. The fraction of sp³-hybridized carbons (Fsp3) is 0.167. The second-order valence-electron chi connectivity index (χ2n) is 6.67. The molecule has 0 fully saturated rings. The number of nitrogens with zero attached hydrogens (tertiary/aromatic N) is 1. The molecule has 4 rings (SSSR count). The molecule has 0 saturated carbocycles. The SMILES string of the molecule is Cc1cnccc1C#CCNC(=O)OCC1c2ccccc2-c2ccccc21. The minimum atomic E-state index is -0.456. The fourth-order valence-corrected chi connectivity index (χ4v) is 3.52. The molecule has 2 aromatic carbocycles. The van der Waals surface area contributed by atoms with Crippen LogP contribution in [0.1, 0.15) is 28.2 Å². The van der Waals surface area contributed by atoms with Gasteiger partial charge in [0.05, 0.1) is 6.54 Å². The van der Waals surface area contributed by atoms with Gasteiger partial charge in [-0.1, -0.05) is 60.4 Å². The van der Waals surface area contributed by atoms with Gasteiger partial charge >= 0.3 is 6.09 Å². The van der Waals surface area contributed by atoms with Crippen molar-refractivity contribution in [2.75, 3.05) is 13.2 Å². The normalized spacial score (nSPS) is 11.8. The number of alkyl carbamates (subject to hydrolysis) is 1. The summed E-state index contributed by atoms with van der Waals surface area (Å²) in [5.41, 5.74) is 6.74. The maximum Gasteiger partial charge on any atom is 0.407 e. The third-order valence-corrected chi connectivity index (χ3v) is 4.91. The Morgan fingerprint density at radius 1 is 1.07 bits per heavy atom. The fourth-order valence-electron chi connectivity index (χ4n) is 3.52. The van der Waals surface area contributed by atoms with Crippen molar-refractivity contribution in [2.45, 2.75) is 12.8 Å². The molecular formula is C24H20N2O2. The van der Waals surface area contributed by atoms with Crippen molar-refractivity contribution in [2.24, 2.45) is 0 Å². The molecule has 0 spiro atoms. The van der Waals surface area contributed by atoms with E-state index in [-0.39, 0.29) is 12.5 Å². The van der Waals surface area contributed by atoms with Crippen molar-refractivity contribution in [3.63, 3.8) is 0 Å². The van der Waals surface area contributed by atoms with Gasteiger partial charge in [-0.3, -0.25) is 4.98 Å². The van der Waals surface area contributed by atoms with Crippen LogP contribution in [0.5, 0.6) is 0 Å². The first-order valence-corrected chi connectivity index (χ1v) is 9.22. The van der Waals surface area contributed by atoms with Crippen LogP contribution in [0, 0.1) is 18.8 Å². The molecule has 0 atom stereocenters. The summed E-state index contributed by atoms with van der Waals surface area (Å²) in [6, 6.07) is 18.4. The lowest BCUT2D eigenvalue weighted by molar-refractivity contribution is 0.144. The van der Waals surface area contributed by atoms with Gasteiger partial charge in [0, 0.05) is 23.9 Å². The summed E-state index contributed by atoms with van der Waals surface area (Å²) in [7, 11) is 0. The highest BCUT2D eigenvalue weighted by Gasteiger charge is 2.28. The Bertz CT molecular complexity index is 1030. The largest absolute Gasteiger partial charge is 0.449 e. The highest BCUT2D eigenvalue weighted by Crippen LogP contribution is 2.44. The van der Waals surface area contributed by atoms with Crippen LogP contribution >= 0.6 is 0 Å². The molecule has 1 aliphatic carbocycles. The van der Waals surface area contributed by atoms with Gasteiger partial charge in [0.25, 0.3) is 0 Å². The van der Waals surface area contributed by atoms with Crippen molar-refractivity contribution < 1.29 is 9.53 Å². The molecule has 1 aliphatic rings. The molecule has 1 heterocycles. The average Bonchev–Trinajstić information content (AvgIpc) is 3.05. The molecule has 3 aromatic rings. The molecular weight excluding hydrogens is 348 g/mol. The van der Waals surface area contributed by atoms with Crippen LogP contribution in [-0.2, 0) is 4.74 Å². The topological polar surface area (TPSA) is 51.2 Å². The van der Waals surface area contributed by atoms with E-state index in [1.807, 2.05) is 37.3 Å². The minimum Gasteiger partial charge on any atom is -0.449 e. The first-order chi connectivity index (χ1) is 13.7. The molecule has 1 aromatic heterocycles. The predicted octanol–water partition coefficient (Wildman–Crippen LogP) is 4.28. The standard InChI is InChI=1S/C24H20N2O2/c1-17-15-25-14-12-18(17)7-6-13-26-24(27)28-16-23-21-10-4-2-8-19(21)20-9-3-5-11-22(20)23/h2-5,8-12,14-15,23H,13,16H2,1H3,(H,26,27). The summed E-state index contributed by atoms with van der Waals surface area (Å²) < 4.78 is 5.49. The number of nitrogens with one attached hydrogen (secondary N) is 1. The van der Waals surface area contributed by atoms with Crippen molar-refractivity contribution in [3.8, 4) is 23.0 Å². The number of aryl methyl sites for hydroxylation is 1. The number of hydrogen-bond donors (Lipinski definition) is 1. The minimum absolute atomic E-state index is 0.0590. The zero-order valence-corrected chi connectivity index (χ0v) is 15.6. The number of fused-ring (bicyclic) bond motifs is 3. The average molecular weight is 368 g/mol. The summed E-state index contributed by atoms with van der Waals surface area (Å²) in [4.78, 5) is 16.1. The highest BCUT2D eigenvalue weighted by atomic mass is 16.5. The van der Waals surface area contributed by atoms with Crippen molar-refractivity contribution in [1.29, 1.82) is 0 Å².